The van der Waals surface area contributed by atoms with Crippen molar-refractivity contribution >= 4 is 34.4 Å². The van der Waals surface area contributed by atoms with E-state index in [1.807, 2.05) is 61.1 Å². The number of benzene rings is 1. The van der Waals surface area contributed by atoms with Crippen molar-refractivity contribution in [2.75, 3.05) is 21.3 Å². The number of carbonyl (C=O) groups is 2. The van der Waals surface area contributed by atoms with Crippen LogP contribution in [0, 0.1) is 13.8 Å². The fraction of sp³-hybridized carbons (Fsp3) is 0.448. The van der Waals surface area contributed by atoms with E-state index in [0.717, 1.165) is 51.1 Å². The van der Waals surface area contributed by atoms with Crippen molar-refractivity contribution in [3.8, 4) is 11.1 Å². The Balaban J connectivity index is 1.84. The Morgan fingerprint density at radius 1 is 1.02 bits per heavy atom. The number of carbonyl (C=O) groups excluding carboxylic acids is 2. The number of methoxy groups -OCH3 is 2. The second-order valence-corrected chi connectivity index (χ2v) is 10.5. The van der Waals surface area contributed by atoms with Crippen molar-refractivity contribution in [1.29, 1.82) is 0 Å². The van der Waals surface area contributed by atoms with Crippen LogP contribution in [-0.4, -0.2) is 62.2 Å². The molecular formula is C29H37ClN6O4. The summed E-state index contributed by atoms with van der Waals surface area (Å²) in [6, 6.07) is 5.84. The van der Waals surface area contributed by atoms with Crippen molar-refractivity contribution in [3.05, 3.63) is 57.3 Å². The third-order valence-electron chi connectivity index (χ3n) is 7.47. The zero-order valence-electron chi connectivity index (χ0n) is 24.5. The molecule has 0 saturated heterocycles. The lowest BCUT2D eigenvalue weighted by molar-refractivity contribution is -0.140. The Hall–Kier alpha value is -3.63. The summed E-state index contributed by atoms with van der Waals surface area (Å²) in [4.78, 5) is 27.1. The van der Waals surface area contributed by atoms with E-state index < -0.39 is 5.97 Å². The molecule has 10 nitrogen and oxygen atoms in total. The lowest BCUT2D eigenvalue weighted by Gasteiger charge is -2.16. The molecule has 11 heteroatoms. The maximum absolute atomic E-state index is 13.0. The van der Waals surface area contributed by atoms with Gasteiger partial charge in [0.05, 0.1) is 32.0 Å². The van der Waals surface area contributed by atoms with Gasteiger partial charge in [0.1, 0.15) is 5.69 Å². The molecule has 0 bridgehead atoms. The summed E-state index contributed by atoms with van der Waals surface area (Å²) >= 11 is 6.93. The van der Waals surface area contributed by atoms with Crippen LogP contribution in [0.2, 0.25) is 5.02 Å². The Bertz CT molecular complexity index is 1580. The van der Waals surface area contributed by atoms with Crippen LogP contribution in [0.3, 0.4) is 0 Å². The fourth-order valence-electron chi connectivity index (χ4n) is 5.43. The molecule has 40 heavy (non-hydrogen) atoms. The molecule has 0 aliphatic carbocycles. The number of nitrogens with zero attached hydrogens (tertiary/aromatic N) is 6. The summed E-state index contributed by atoms with van der Waals surface area (Å²) in [6.45, 7) is 7.50. The van der Waals surface area contributed by atoms with Gasteiger partial charge in [-0.2, -0.15) is 10.2 Å². The van der Waals surface area contributed by atoms with Crippen molar-refractivity contribution in [1.82, 2.24) is 29.0 Å². The number of hydrogen-bond donors (Lipinski definition) is 0. The Kier molecular flexibility index (Phi) is 8.70. The highest BCUT2D eigenvalue weighted by atomic mass is 35.5. The highest BCUT2D eigenvalue weighted by molar-refractivity contribution is 6.35. The lowest BCUT2D eigenvalue weighted by atomic mass is 9.96. The molecule has 0 aliphatic heterocycles. The van der Waals surface area contributed by atoms with E-state index in [0.29, 0.717) is 23.8 Å². The molecule has 0 unspecified atom stereocenters. The number of halogens is 1. The van der Waals surface area contributed by atoms with Crippen molar-refractivity contribution in [2.24, 2.45) is 14.1 Å². The van der Waals surface area contributed by atoms with Crippen LogP contribution in [-0.2, 0) is 54.4 Å². The van der Waals surface area contributed by atoms with Crippen LogP contribution in [0.15, 0.2) is 18.2 Å². The van der Waals surface area contributed by atoms with Crippen molar-refractivity contribution in [3.63, 3.8) is 0 Å². The Labute approximate surface area is 239 Å². The highest BCUT2D eigenvalue weighted by Gasteiger charge is 2.28. The molecule has 0 fully saturated rings. The zero-order chi connectivity index (χ0) is 29.3. The van der Waals surface area contributed by atoms with Gasteiger partial charge in [0.15, 0.2) is 0 Å². The first-order valence-corrected chi connectivity index (χ1v) is 13.6. The topological polar surface area (TPSA) is 96.4 Å². The molecule has 3 heterocycles. The minimum atomic E-state index is -0.481. The van der Waals surface area contributed by atoms with Crippen LogP contribution in [0.25, 0.3) is 22.0 Å². The number of ether oxygens (including phenoxy) is 2. The van der Waals surface area contributed by atoms with Crippen molar-refractivity contribution < 1.29 is 19.1 Å². The minimum absolute atomic E-state index is 0.108. The molecule has 0 aliphatic rings. The molecule has 0 N–H and O–H groups in total. The van der Waals surface area contributed by atoms with Gasteiger partial charge in [0, 0.05) is 72.2 Å². The maximum Gasteiger partial charge on any atom is 0.354 e. The van der Waals surface area contributed by atoms with Gasteiger partial charge >= 0.3 is 11.9 Å². The Morgan fingerprint density at radius 2 is 1.75 bits per heavy atom. The molecule has 0 atom stereocenters. The Morgan fingerprint density at radius 3 is 2.38 bits per heavy atom. The average molecular weight is 569 g/mol. The largest absolute Gasteiger partial charge is 0.469 e. The highest BCUT2D eigenvalue weighted by Crippen LogP contribution is 2.42. The van der Waals surface area contributed by atoms with Gasteiger partial charge in [-0.1, -0.05) is 18.5 Å². The van der Waals surface area contributed by atoms with E-state index in [4.69, 9.17) is 26.2 Å². The number of hydrogen-bond acceptors (Lipinski definition) is 7. The maximum atomic E-state index is 13.0. The summed E-state index contributed by atoms with van der Waals surface area (Å²) in [7, 11) is 8.62. The molecular weight excluding hydrogens is 532 g/mol. The van der Waals surface area contributed by atoms with Crippen LogP contribution in [0.5, 0.6) is 0 Å². The number of aromatic nitrogens is 5. The van der Waals surface area contributed by atoms with Gasteiger partial charge in [-0.15, -0.1) is 0 Å². The number of aryl methyl sites for hydroxylation is 5. The fourth-order valence-corrected chi connectivity index (χ4v) is 5.69. The van der Waals surface area contributed by atoms with Crippen LogP contribution in [0.4, 0.5) is 0 Å². The standard InChI is InChI=1S/C29H37ClN6O4/c1-9-20-14-19(31-35(20)6)15-33(4)16-22-26(18(3)34(5)32-22)27-21(30)10-11-23-25(27)17(2)28(29(38)40-8)36(23)13-12-24(37)39-7/h10-11,14H,9,12-13,15-16H2,1-8H3. The summed E-state index contributed by atoms with van der Waals surface area (Å²) in [5.41, 5.74) is 7.62. The monoisotopic (exact) mass is 568 g/mol. The van der Waals surface area contributed by atoms with E-state index >= 15 is 0 Å². The van der Waals surface area contributed by atoms with Crippen molar-refractivity contribution in [2.45, 2.75) is 53.2 Å². The van der Waals surface area contributed by atoms with Crippen LogP contribution >= 0.6 is 11.6 Å². The van der Waals surface area contributed by atoms with E-state index in [9.17, 15) is 9.59 Å². The second-order valence-electron chi connectivity index (χ2n) is 10.1. The van der Waals surface area contributed by atoms with Crippen LogP contribution in [0.1, 0.15) is 52.2 Å². The van der Waals surface area contributed by atoms with Gasteiger partial charge in [-0.25, -0.2) is 4.79 Å². The minimum Gasteiger partial charge on any atom is -0.469 e. The summed E-state index contributed by atoms with van der Waals surface area (Å²) in [6.07, 6.45) is 1.03. The summed E-state index contributed by atoms with van der Waals surface area (Å²) < 4.78 is 15.6. The predicted octanol–water partition coefficient (Wildman–Crippen LogP) is 4.59. The molecule has 1 aromatic carbocycles. The number of fused-ring (bicyclic) bond motifs is 1. The third-order valence-corrected chi connectivity index (χ3v) is 7.78. The normalized spacial score (nSPS) is 11.6. The first kappa shape index (κ1) is 29.4. The number of esters is 2. The predicted molar refractivity (Wildman–Crippen MR) is 154 cm³/mol. The summed E-state index contributed by atoms with van der Waals surface area (Å²) in [5, 5.41) is 10.9. The molecule has 4 rings (SSSR count). The first-order chi connectivity index (χ1) is 19.0. The molecule has 0 spiro atoms. The SMILES string of the molecule is CCc1cc(CN(C)Cc2nn(C)c(C)c2-c2c(Cl)ccc3c2c(C)c(C(=O)OC)n3CCC(=O)OC)nn1C. The first-order valence-electron chi connectivity index (χ1n) is 13.2. The quantitative estimate of drug-likeness (QED) is 0.258. The van der Waals surface area contributed by atoms with Gasteiger partial charge in [0.2, 0.25) is 0 Å². The van der Waals surface area contributed by atoms with E-state index in [2.05, 4.69) is 23.0 Å². The zero-order valence-corrected chi connectivity index (χ0v) is 25.2. The smallest absolute Gasteiger partial charge is 0.354 e. The molecule has 0 radical (unpaired) electrons. The molecule has 4 aromatic rings. The second kappa shape index (κ2) is 11.9. The van der Waals surface area contributed by atoms with E-state index in [-0.39, 0.29) is 18.9 Å². The van der Waals surface area contributed by atoms with Gasteiger partial charge < -0.3 is 14.0 Å². The van der Waals surface area contributed by atoms with Gasteiger partial charge in [-0.05, 0) is 51.1 Å². The summed E-state index contributed by atoms with van der Waals surface area (Å²) in [5.74, 6) is -0.845. The van der Waals surface area contributed by atoms with E-state index in [1.54, 1.807) is 0 Å². The molecule has 3 aromatic heterocycles. The molecule has 0 amide bonds. The number of rotatable bonds is 10. The van der Waals surface area contributed by atoms with Crippen LogP contribution < -0.4 is 0 Å². The van der Waals surface area contributed by atoms with E-state index in [1.165, 1.54) is 19.9 Å². The van der Waals surface area contributed by atoms with Gasteiger partial charge in [0.25, 0.3) is 0 Å². The third kappa shape index (κ3) is 5.38. The average Bonchev–Trinajstić information content (AvgIpc) is 3.52. The van der Waals surface area contributed by atoms with Gasteiger partial charge in [-0.3, -0.25) is 19.1 Å². The molecule has 214 valence electrons. The molecule has 0 saturated carbocycles. The lowest BCUT2D eigenvalue weighted by Crippen LogP contribution is -2.18.